The maximum absolute atomic E-state index is 11.5. The maximum atomic E-state index is 11.5. The zero-order valence-electron chi connectivity index (χ0n) is 11.2. The highest BCUT2D eigenvalue weighted by atomic mass is 16.6. The van der Waals surface area contributed by atoms with Gasteiger partial charge in [-0.3, -0.25) is 0 Å². The van der Waals surface area contributed by atoms with Gasteiger partial charge in [-0.2, -0.15) is 0 Å². The van der Waals surface area contributed by atoms with Crippen LogP contribution in [0.5, 0.6) is 0 Å². The summed E-state index contributed by atoms with van der Waals surface area (Å²) in [5.74, 6) is 0. The number of nitrogens with one attached hydrogen (secondary N) is 2. The highest BCUT2D eigenvalue weighted by molar-refractivity contribution is 5.67. The molecule has 0 saturated carbocycles. The van der Waals surface area contributed by atoms with Gasteiger partial charge in [0, 0.05) is 19.7 Å². The lowest BCUT2D eigenvalue weighted by atomic mass is 10.0. The second kappa shape index (κ2) is 6.21. The van der Waals surface area contributed by atoms with E-state index in [0.29, 0.717) is 12.6 Å². The van der Waals surface area contributed by atoms with Gasteiger partial charge >= 0.3 is 6.09 Å². The van der Waals surface area contributed by atoms with Crippen molar-refractivity contribution in [1.82, 2.24) is 10.6 Å². The second-order valence-corrected chi connectivity index (χ2v) is 5.42. The molecule has 1 rings (SSSR count). The van der Waals surface area contributed by atoms with Crippen LogP contribution >= 0.6 is 0 Å². The number of carbonyl (C=O) groups excluding carboxylic acids is 1. The van der Waals surface area contributed by atoms with Crippen LogP contribution in [0.1, 0.15) is 33.6 Å². The minimum absolute atomic E-state index is 0.265. The van der Waals surface area contributed by atoms with Gasteiger partial charge < -0.3 is 20.1 Å². The average molecular weight is 244 g/mol. The number of piperidine rings is 1. The number of amides is 1. The number of hydrogen-bond donors (Lipinski definition) is 2. The number of rotatable bonds is 3. The molecule has 0 radical (unpaired) electrons. The summed E-state index contributed by atoms with van der Waals surface area (Å²) >= 11 is 0. The minimum Gasteiger partial charge on any atom is -0.444 e. The quantitative estimate of drug-likeness (QED) is 0.785. The molecule has 0 aromatic carbocycles. The summed E-state index contributed by atoms with van der Waals surface area (Å²) in [4.78, 5) is 11.5. The van der Waals surface area contributed by atoms with Gasteiger partial charge in [-0.25, -0.2) is 4.79 Å². The summed E-state index contributed by atoms with van der Waals surface area (Å²) in [5.41, 5.74) is -0.445. The Balaban J connectivity index is 2.23. The van der Waals surface area contributed by atoms with Crippen LogP contribution in [0, 0.1) is 0 Å². The number of ether oxygens (including phenoxy) is 2. The average Bonchev–Trinajstić information content (AvgIpc) is 2.24. The third-order valence-corrected chi connectivity index (χ3v) is 2.67. The molecule has 0 unspecified atom stereocenters. The number of hydrogen-bond acceptors (Lipinski definition) is 4. The van der Waals surface area contributed by atoms with Crippen LogP contribution in [0.25, 0.3) is 0 Å². The van der Waals surface area contributed by atoms with Crippen molar-refractivity contribution in [2.75, 3.05) is 20.2 Å². The molecule has 1 fully saturated rings. The summed E-state index contributed by atoms with van der Waals surface area (Å²) < 4.78 is 10.5. The lowest BCUT2D eigenvalue weighted by Gasteiger charge is -2.29. The van der Waals surface area contributed by atoms with E-state index in [1.165, 1.54) is 0 Å². The third-order valence-electron chi connectivity index (χ3n) is 2.67. The van der Waals surface area contributed by atoms with Crippen LogP contribution in [0.15, 0.2) is 0 Å². The molecule has 1 saturated heterocycles. The van der Waals surface area contributed by atoms with Crippen molar-refractivity contribution < 1.29 is 14.3 Å². The van der Waals surface area contributed by atoms with Crippen molar-refractivity contribution in [3.8, 4) is 0 Å². The van der Waals surface area contributed by atoms with E-state index in [9.17, 15) is 4.79 Å². The smallest absolute Gasteiger partial charge is 0.407 e. The van der Waals surface area contributed by atoms with E-state index in [1.54, 1.807) is 7.11 Å². The topological polar surface area (TPSA) is 59.6 Å². The molecule has 1 aliphatic heterocycles. The van der Waals surface area contributed by atoms with E-state index in [0.717, 1.165) is 19.4 Å². The first kappa shape index (κ1) is 14.3. The fourth-order valence-electron chi connectivity index (χ4n) is 1.86. The lowest BCUT2D eigenvalue weighted by molar-refractivity contribution is 0.0469. The van der Waals surface area contributed by atoms with Crippen LogP contribution in [-0.4, -0.2) is 44.0 Å². The van der Waals surface area contributed by atoms with Gasteiger partial charge in [0.25, 0.3) is 0 Å². The first-order valence-electron chi connectivity index (χ1n) is 6.14. The molecule has 0 spiro atoms. The van der Waals surface area contributed by atoms with E-state index in [1.807, 2.05) is 20.8 Å². The van der Waals surface area contributed by atoms with E-state index >= 15 is 0 Å². The Bertz CT molecular complexity index is 251. The first-order valence-corrected chi connectivity index (χ1v) is 6.14. The highest BCUT2D eigenvalue weighted by Crippen LogP contribution is 2.11. The molecule has 5 nitrogen and oxygen atoms in total. The van der Waals surface area contributed by atoms with Gasteiger partial charge in [0.05, 0.1) is 6.10 Å². The molecular formula is C12H24N2O3. The van der Waals surface area contributed by atoms with E-state index in [2.05, 4.69) is 10.6 Å². The van der Waals surface area contributed by atoms with Gasteiger partial charge in [0.15, 0.2) is 0 Å². The van der Waals surface area contributed by atoms with E-state index in [4.69, 9.17) is 9.47 Å². The van der Waals surface area contributed by atoms with E-state index < -0.39 is 5.60 Å². The van der Waals surface area contributed by atoms with Crippen molar-refractivity contribution in [3.63, 3.8) is 0 Å². The third kappa shape index (κ3) is 5.89. The molecule has 0 aliphatic carbocycles. The summed E-state index contributed by atoms with van der Waals surface area (Å²) in [5, 5.41) is 6.13. The Kier molecular flexibility index (Phi) is 5.21. The molecule has 1 heterocycles. The monoisotopic (exact) mass is 244 g/mol. The second-order valence-electron chi connectivity index (χ2n) is 5.42. The van der Waals surface area contributed by atoms with Gasteiger partial charge in [-0.1, -0.05) is 0 Å². The fourth-order valence-corrected chi connectivity index (χ4v) is 1.86. The normalized spacial score (nSPS) is 25.4. The predicted molar refractivity (Wildman–Crippen MR) is 66.1 cm³/mol. The molecule has 17 heavy (non-hydrogen) atoms. The summed E-state index contributed by atoms with van der Waals surface area (Å²) in [6.45, 7) is 7.07. The largest absolute Gasteiger partial charge is 0.444 e. The highest BCUT2D eigenvalue weighted by Gasteiger charge is 2.22. The van der Waals surface area contributed by atoms with Crippen molar-refractivity contribution in [2.45, 2.75) is 51.4 Å². The molecule has 2 N–H and O–H groups in total. The SMILES string of the molecule is CO[C@H]1CCN[C@@H](CNC(=O)OC(C)(C)C)C1. The van der Waals surface area contributed by atoms with Gasteiger partial charge in [0.1, 0.15) is 5.60 Å². The number of methoxy groups -OCH3 is 1. The minimum atomic E-state index is -0.445. The van der Waals surface area contributed by atoms with Gasteiger partial charge in [-0.15, -0.1) is 0 Å². The predicted octanol–water partition coefficient (Wildman–Crippen LogP) is 1.28. The molecule has 0 aromatic heterocycles. The zero-order valence-corrected chi connectivity index (χ0v) is 11.2. The molecule has 1 aliphatic rings. The van der Waals surface area contributed by atoms with Crippen LogP contribution in [-0.2, 0) is 9.47 Å². The Morgan fingerprint density at radius 2 is 2.18 bits per heavy atom. The van der Waals surface area contributed by atoms with Crippen molar-refractivity contribution >= 4 is 6.09 Å². The molecule has 5 heteroatoms. The molecule has 2 atom stereocenters. The van der Waals surface area contributed by atoms with Gasteiger partial charge in [-0.05, 0) is 40.2 Å². The van der Waals surface area contributed by atoms with E-state index in [-0.39, 0.29) is 12.1 Å². The molecule has 1 amide bonds. The molecule has 0 aromatic rings. The Labute approximate surface area is 103 Å². The Morgan fingerprint density at radius 3 is 2.76 bits per heavy atom. The maximum Gasteiger partial charge on any atom is 0.407 e. The van der Waals surface area contributed by atoms with Crippen molar-refractivity contribution in [3.05, 3.63) is 0 Å². The standard InChI is InChI=1S/C12H24N2O3/c1-12(2,3)17-11(15)14-8-9-7-10(16-4)5-6-13-9/h9-10,13H,5-8H2,1-4H3,(H,14,15)/t9-,10+/m1/s1. The molecule has 100 valence electrons. The van der Waals surface area contributed by atoms with Gasteiger partial charge in [0.2, 0.25) is 0 Å². The van der Waals surface area contributed by atoms with Crippen LogP contribution < -0.4 is 10.6 Å². The van der Waals surface area contributed by atoms with Crippen molar-refractivity contribution in [1.29, 1.82) is 0 Å². The molecule has 0 bridgehead atoms. The Morgan fingerprint density at radius 1 is 1.47 bits per heavy atom. The van der Waals surface area contributed by atoms with Crippen molar-refractivity contribution in [2.24, 2.45) is 0 Å². The number of carbonyl (C=O) groups is 1. The first-order chi connectivity index (χ1) is 7.90. The molecular weight excluding hydrogens is 220 g/mol. The van der Waals surface area contributed by atoms with Crippen LogP contribution in [0.4, 0.5) is 4.79 Å². The number of alkyl carbamates (subject to hydrolysis) is 1. The fraction of sp³-hybridized carbons (Fsp3) is 0.917. The summed E-state index contributed by atoms with van der Waals surface area (Å²) in [6, 6.07) is 0.265. The zero-order chi connectivity index (χ0) is 12.9. The van der Waals surface area contributed by atoms with Crippen LogP contribution in [0.3, 0.4) is 0 Å². The summed E-state index contributed by atoms with van der Waals surface area (Å²) in [7, 11) is 1.73. The Hall–Kier alpha value is -0.810. The lowest BCUT2D eigenvalue weighted by Crippen LogP contribution is -2.48. The van der Waals surface area contributed by atoms with Crippen LogP contribution in [0.2, 0.25) is 0 Å². The summed E-state index contributed by atoms with van der Waals surface area (Å²) in [6.07, 6.45) is 1.88.